The van der Waals surface area contributed by atoms with Gasteiger partial charge in [0.1, 0.15) is 5.75 Å². The van der Waals surface area contributed by atoms with E-state index in [4.69, 9.17) is 10.5 Å². The van der Waals surface area contributed by atoms with Gasteiger partial charge in [0.25, 0.3) is 0 Å². The van der Waals surface area contributed by atoms with Crippen LogP contribution >= 0.6 is 11.8 Å². The molecule has 0 aliphatic carbocycles. The van der Waals surface area contributed by atoms with Crippen LogP contribution in [0.3, 0.4) is 0 Å². The molecule has 0 spiro atoms. The summed E-state index contributed by atoms with van der Waals surface area (Å²) < 4.78 is 5.31. The van der Waals surface area contributed by atoms with Crippen LogP contribution in [0.4, 0.5) is 5.69 Å². The standard InChI is InChI=1S/C12H18N2OS/c1-15-11-6-10(13)2-3-12(11)16-5-4-9-7-14-8-9/h2-3,6,9,14H,4-5,7-8,13H2,1H3. The molecule has 1 aromatic carbocycles. The highest BCUT2D eigenvalue weighted by molar-refractivity contribution is 7.99. The Hall–Kier alpha value is -0.870. The van der Waals surface area contributed by atoms with E-state index in [9.17, 15) is 0 Å². The fourth-order valence-electron chi connectivity index (χ4n) is 1.69. The van der Waals surface area contributed by atoms with Crippen LogP contribution in [-0.4, -0.2) is 26.0 Å². The van der Waals surface area contributed by atoms with Crippen molar-refractivity contribution in [3.05, 3.63) is 18.2 Å². The first kappa shape index (κ1) is 11.6. The van der Waals surface area contributed by atoms with Gasteiger partial charge in [0.05, 0.1) is 7.11 Å². The van der Waals surface area contributed by atoms with Crippen molar-refractivity contribution in [2.45, 2.75) is 11.3 Å². The van der Waals surface area contributed by atoms with Crippen LogP contribution in [0.5, 0.6) is 5.75 Å². The molecule has 88 valence electrons. The van der Waals surface area contributed by atoms with Crippen LogP contribution in [-0.2, 0) is 0 Å². The Bertz CT molecular complexity index is 353. The molecule has 0 amide bonds. The van der Waals surface area contributed by atoms with Crippen molar-refractivity contribution in [2.24, 2.45) is 5.92 Å². The van der Waals surface area contributed by atoms with Gasteiger partial charge < -0.3 is 15.8 Å². The van der Waals surface area contributed by atoms with Crippen LogP contribution in [0, 0.1) is 5.92 Å². The number of nitrogens with one attached hydrogen (secondary N) is 1. The third-order valence-electron chi connectivity index (χ3n) is 2.84. The highest BCUT2D eigenvalue weighted by Crippen LogP contribution is 2.32. The van der Waals surface area contributed by atoms with Crippen molar-refractivity contribution in [1.29, 1.82) is 0 Å². The van der Waals surface area contributed by atoms with Crippen molar-refractivity contribution in [3.8, 4) is 5.75 Å². The molecule has 0 bridgehead atoms. The Balaban J connectivity index is 1.87. The van der Waals surface area contributed by atoms with E-state index < -0.39 is 0 Å². The van der Waals surface area contributed by atoms with Gasteiger partial charge in [-0.3, -0.25) is 0 Å². The number of anilines is 1. The maximum atomic E-state index is 5.71. The zero-order chi connectivity index (χ0) is 11.4. The number of thioether (sulfide) groups is 1. The molecule has 4 heteroatoms. The van der Waals surface area contributed by atoms with Crippen molar-refractivity contribution < 1.29 is 4.74 Å². The minimum Gasteiger partial charge on any atom is -0.496 e. The molecule has 2 rings (SSSR count). The molecule has 0 aromatic heterocycles. The summed E-state index contributed by atoms with van der Waals surface area (Å²) in [7, 11) is 1.69. The predicted molar refractivity (Wildman–Crippen MR) is 69.1 cm³/mol. The van der Waals surface area contributed by atoms with E-state index in [1.807, 2.05) is 30.0 Å². The molecule has 1 aliphatic heterocycles. The monoisotopic (exact) mass is 238 g/mol. The second-order valence-electron chi connectivity index (χ2n) is 4.07. The maximum absolute atomic E-state index is 5.71. The summed E-state index contributed by atoms with van der Waals surface area (Å²) in [6, 6.07) is 5.85. The van der Waals surface area contributed by atoms with Crippen LogP contribution < -0.4 is 15.8 Å². The van der Waals surface area contributed by atoms with Gasteiger partial charge in [0.2, 0.25) is 0 Å². The summed E-state index contributed by atoms with van der Waals surface area (Å²) in [5.41, 5.74) is 6.47. The number of rotatable bonds is 5. The summed E-state index contributed by atoms with van der Waals surface area (Å²) in [6.07, 6.45) is 1.27. The SMILES string of the molecule is COc1cc(N)ccc1SCCC1CNC1. The maximum Gasteiger partial charge on any atom is 0.134 e. The first-order valence-electron chi connectivity index (χ1n) is 5.56. The summed E-state index contributed by atoms with van der Waals surface area (Å²) in [6.45, 7) is 2.36. The fraction of sp³-hybridized carbons (Fsp3) is 0.500. The van der Waals surface area contributed by atoms with E-state index in [0.29, 0.717) is 0 Å². The number of hydrogen-bond acceptors (Lipinski definition) is 4. The first-order valence-corrected chi connectivity index (χ1v) is 6.55. The molecule has 3 N–H and O–H groups in total. The third kappa shape index (κ3) is 2.83. The number of nitrogen functional groups attached to an aromatic ring is 1. The van der Waals surface area contributed by atoms with Crippen molar-refractivity contribution in [1.82, 2.24) is 5.32 Å². The lowest BCUT2D eigenvalue weighted by Gasteiger charge is -2.26. The van der Waals surface area contributed by atoms with E-state index in [-0.39, 0.29) is 0 Å². The fourth-order valence-corrected chi connectivity index (χ4v) is 2.81. The quantitative estimate of drug-likeness (QED) is 0.608. The molecule has 3 nitrogen and oxygen atoms in total. The number of benzene rings is 1. The van der Waals surface area contributed by atoms with Gasteiger partial charge in [-0.25, -0.2) is 0 Å². The van der Waals surface area contributed by atoms with Gasteiger partial charge in [-0.1, -0.05) is 0 Å². The molecule has 0 atom stereocenters. The Morgan fingerprint density at radius 3 is 2.94 bits per heavy atom. The molecule has 0 radical (unpaired) electrons. The molecular weight excluding hydrogens is 220 g/mol. The average Bonchev–Trinajstić information content (AvgIpc) is 2.23. The summed E-state index contributed by atoms with van der Waals surface area (Å²) in [5, 5.41) is 3.29. The summed E-state index contributed by atoms with van der Waals surface area (Å²) >= 11 is 1.85. The summed E-state index contributed by atoms with van der Waals surface area (Å²) in [4.78, 5) is 1.18. The second-order valence-corrected chi connectivity index (χ2v) is 5.21. The molecule has 16 heavy (non-hydrogen) atoms. The molecule has 1 aliphatic rings. The minimum atomic E-state index is 0.754. The average molecular weight is 238 g/mol. The number of methoxy groups -OCH3 is 1. The Morgan fingerprint density at radius 2 is 2.31 bits per heavy atom. The van der Waals surface area contributed by atoms with E-state index in [0.717, 1.165) is 23.1 Å². The number of ether oxygens (including phenoxy) is 1. The molecule has 0 saturated carbocycles. The lowest BCUT2D eigenvalue weighted by atomic mass is 10.0. The van der Waals surface area contributed by atoms with Gasteiger partial charge in [-0.05, 0) is 43.3 Å². The van der Waals surface area contributed by atoms with Gasteiger partial charge in [-0.2, -0.15) is 0 Å². The van der Waals surface area contributed by atoms with Gasteiger partial charge in [-0.15, -0.1) is 11.8 Å². The van der Waals surface area contributed by atoms with Crippen LogP contribution in [0.2, 0.25) is 0 Å². The lowest BCUT2D eigenvalue weighted by molar-refractivity contribution is 0.341. The smallest absolute Gasteiger partial charge is 0.134 e. The third-order valence-corrected chi connectivity index (χ3v) is 3.93. The number of hydrogen-bond donors (Lipinski definition) is 2. The Labute approximate surface area is 101 Å². The normalized spacial score (nSPS) is 15.8. The van der Waals surface area contributed by atoms with Gasteiger partial charge >= 0.3 is 0 Å². The van der Waals surface area contributed by atoms with Gasteiger partial charge in [0.15, 0.2) is 0 Å². The van der Waals surface area contributed by atoms with Crippen LogP contribution in [0.25, 0.3) is 0 Å². The lowest BCUT2D eigenvalue weighted by Crippen LogP contribution is -2.42. The Kier molecular flexibility index (Phi) is 3.96. The molecule has 1 fully saturated rings. The topological polar surface area (TPSA) is 47.3 Å². The van der Waals surface area contributed by atoms with E-state index >= 15 is 0 Å². The van der Waals surface area contributed by atoms with Crippen LogP contribution in [0.1, 0.15) is 6.42 Å². The van der Waals surface area contributed by atoms with Crippen molar-refractivity contribution in [3.63, 3.8) is 0 Å². The highest BCUT2D eigenvalue weighted by Gasteiger charge is 2.16. The first-order chi connectivity index (χ1) is 7.79. The molecule has 1 heterocycles. The minimum absolute atomic E-state index is 0.754. The van der Waals surface area contributed by atoms with Crippen LogP contribution in [0.15, 0.2) is 23.1 Å². The molecular formula is C12H18N2OS. The number of nitrogens with two attached hydrogens (primary N) is 1. The molecule has 1 saturated heterocycles. The second kappa shape index (κ2) is 5.46. The molecule has 1 aromatic rings. The Morgan fingerprint density at radius 1 is 1.50 bits per heavy atom. The predicted octanol–water partition coefficient (Wildman–Crippen LogP) is 1.98. The van der Waals surface area contributed by atoms with E-state index in [1.54, 1.807) is 7.11 Å². The van der Waals surface area contributed by atoms with Crippen molar-refractivity contribution in [2.75, 3.05) is 31.7 Å². The van der Waals surface area contributed by atoms with E-state index in [1.165, 1.54) is 24.4 Å². The molecule has 0 unspecified atom stereocenters. The van der Waals surface area contributed by atoms with Crippen molar-refractivity contribution >= 4 is 17.4 Å². The largest absolute Gasteiger partial charge is 0.496 e. The van der Waals surface area contributed by atoms with E-state index in [2.05, 4.69) is 5.32 Å². The zero-order valence-electron chi connectivity index (χ0n) is 9.53. The zero-order valence-corrected chi connectivity index (χ0v) is 10.3. The highest BCUT2D eigenvalue weighted by atomic mass is 32.2. The van der Waals surface area contributed by atoms with Gasteiger partial charge in [0, 0.05) is 16.6 Å². The summed E-state index contributed by atoms with van der Waals surface area (Å²) in [5.74, 6) is 2.90.